The summed E-state index contributed by atoms with van der Waals surface area (Å²) in [6.07, 6.45) is 0.943. The van der Waals surface area contributed by atoms with Gasteiger partial charge in [0.2, 0.25) is 0 Å². The van der Waals surface area contributed by atoms with Crippen molar-refractivity contribution >= 4 is 22.6 Å². The van der Waals surface area contributed by atoms with Crippen molar-refractivity contribution in [3.05, 3.63) is 95.6 Å². The van der Waals surface area contributed by atoms with E-state index in [1.807, 2.05) is 37.3 Å². The van der Waals surface area contributed by atoms with Crippen LogP contribution in [0.1, 0.15) is 24.5 Å². The molecule has 0 aliphatic rings. The molecule has 3 rings (SSSR count). The van der Waals surface area contributed by atoms with Gasteiger partial charge in [-0.15, -0.1) is 0 Å². The van der Waals surface area contributed by atoms with Gasteiger partial charge >= 0.3 is 0 Å². The van der Waals surface area contributed by atoms with Crippen molar-refractivity contribution in [2.45, 2.75) is 31.7 Å². The van der Waals surface area contributed by atoms with Crippen LogP contribution in [0.4, 0.5) is 14.5 Å². The number of benzene rings is 3. The minimum atomic E-state index is -0.893. The van der Waals surface area contributed by atoms with Crippen LogP contribution in [0.5, 0.6) is 0 Å². The number of rotatable bonds is 6. The molecule has 0 fully saturated rings. The molecule has 0 unspecified atom stereocenters. The van der Waals surface area contributed by atoms with Crippen LogP contribution >= 0.6 is 11.8 Å². The first-order chi connectivity index (χ1) is 14.0. The van der Waals surface area contributed by atoms with Crippen molar-refractivity contribution < 1.29 is 8.78 Å². The SMILES string of the molecule is CCCN(Cc1ccccc1)C(=Nc1ccc(F)c(F)c1)Sc1ccc(C)cc1. The summed E-state index contributed by atoms with van der Waals surface area (Å²) in [6, 6.07) is 22.1. The lowest BCUT2D eigenvalue weighted by Gasteiger charge is -2.25. The first kappa shape index (κ1) is 21.1. The molecule has 0 saturated heterocycles. The third-order valence-electron chi connectivity index (χ3n) is 4.34. The van der Waals surface area contributed by atoms with Crippen LogP contribution in [-0.4, -0.2) is 16.6 Å². The molecule has 0 aliphatic heterocycles. The molecule has 0 saturated carbocycles. The van der Waals surface area contributed by atoms with Gasteiger partial charge in [-0.1, -0.05) is 66.7 Å². The normalized spacial score (nSPS) is 11.5. The van der Waals surface area contributed by atoms with Crippen LogP contribution in [0.25, 0.3) is 0 Å². The molecule has 0 radical (unpaired) electrons. The van der Waals surface area contributed by atoms with Gasteiger partial charge in [0.05, 0.1) is 5.69 Å². The van der Waals surface area contributed by atoms with Gasteiger partial charge in [-0.05, 0) is 43.2 Å². The molecule has 29 heavy (non-hydrogen) atoms. The van der Waals surface area contributed by atoms with Crippen LogP contribution in [0.3, 0.4) is 0 Å². The highest BCUT2D eigenvalue weighted by atomic mass is 32.2. The van der Waals surface area contributed by atoms with Crippen LogP contribution in [0.2, 0.25) is 0 Å². The summed E-state index contributed by atoms with van der Waals surface area (Å²) in [5, 5.41) is 0.755. The monoisotopic (exact) mass is 410 g/mol. The topological polar surface area (TPSA) is 15.6 Å². The molecule has 0 aromatic heterocycles. The Morgan fingerprint density at radius 1 is 0.931 bits per heavy atom. The van der Waals surface area contributed by atoms with Gasteiger partial charge in [0.15, 0.2) is 16.8 Å². The minimum Gasteiger partial charge on any atom is -0.347 e. The lowest BCUT2D eigenvalue weighted by Crippen LogP contribution is -2.29. The number of hydrogen-bond acceptors (Lipinski definition) is 2. The number of amidine groups is 1. The second-order valence-corrected chi connectivity index (χ2v) is 7.86. The minimum absolute atomic E-state index is 0.396. The van der Waals surface area contributed by atoms with Gasteiger partial charge in [-0.2, -0.15) is 0 Å². The molecule has 0 aliphatic carbocycles. The summed E-state index contributed by atoms with van der Waals surface area (Å²) in [6.45, 7) is 5.65. The van der Waals surface area contributed by atoms with Gasteiger partial charge in [0, 0.05) is 24.1 Å². The van der Waals surface area contributed by atoms with Crippen molar-refractivity contribution in [1.82, 2.24) is 4.90 Å². The van der Waals surface area contributed by atoms with E-state index in [1.54, 1.807) is 0 Å². The maximum absolute atomic E-state index is 13.7. The second kappa shape index (κ2) is 10.2. The average Bonchev–Trinajstić information content (AvgIpc) is 2.72. The van der Waals surface area contributed by atoms with E-state index in [1.165, 1.54) is 29.0 Å². The Hall–Kier alpha value is -2.66. The Labute approximate surface area is 175 Å². The molecule has 2 nitrogen and oxygen atoms in total. The molecule has 0 atom stereocenters. The number of halogens is 2. The standard InChI is InChI=1S/C24H24F2N2S/c1-3-15-28(17-19-7-5-4-6-8-19)24(29-21-12-9-18(2)10-13-21)27-20-11-14-22(25)23(26)16-20/h4-14,16H,3,15,17H2,1-2H3. The van der Waals surface area contributed by atoms with Gasteiger partial charge in [0.25, 0.3) is 0 Å². The van der Waals surface area contributed by atoms with E-state index >= 15 is 0 Å². The van der Waals surface area contributed by atoms with Crippen LogP contribution in [-0.2, 0) is 6.54 Å². The summed E-state index contributed by atoms with van der Waals surface area (Å²) < 4.78 is 27.1. The molecule has 0 spiro atoms. The van der Waals surface area contributed by atoms with Crippen molar-refractivity contribution in [3.8, 4) is 0 Å². The largest absolute Gasteiger partial charge is 0.347 e. The third kappa shape index (κ3) is 6.16. The molecule has 0 amide bonds. The average molecular weight is 411 g/mol. The van der Waals surface area contributed by atoms with E-state index in [2.05, 4.69) is 36.1 Å². The van der Waals surface area contributed by atoms with Crippen molar-refractivity contribution in [1.29, 1.82) is 0 Å². The number of nitrogens with zero attached hydrogens (tertiary/aromatic N) is 2. The third-order valence-corrected chi connectivity index (χ3v) is 5.38. The predicted octanol–water partition coefficient (Wildman–Crippen LogP) is 6.97. The number of hydrogen-bond donors (Lipinski definition) is 0. The molecular weight excluding hydrogens is 386 g/mol. The van der Waals surface area contributed by atoms with Crippen LogP contribution in [0.15, 0.2) is 82.7 Å². The fourth-order valence-corrected chi connectivity index (χ4v) is 3.77. The van der Waals surface area contributed by atoms with Gasteiger partial charge < -0.3 is 4.90 Å². The Morgan fingerprint density at radius 2 is 1.66 bits per heavy atom. The zero-order valence-electron chi connectivity index (χ0n) is 16.6. The van der Waals surface area contributed by atoms with Gasteiger partial charge in [-0.3, -0.25) is 0 Å². The Kier molecular flexibility index (Phi) is 7.42. The quantitative estimate of drug-likeness (QED) is 0.248. The maximum atomic E-state index is 13.7. The molecule has 150 valence electrons. The van der Waals surface area contributed by atoms with E-state index < -0.39 is 11.6 Å². The summed E-state index contributed by atoms with van der Waals surface area (Å²) in [5.74, 6) is -1.76. The van der Waals surface area contributed by atoms with Crippen LogP contribution < -0.4 is 0 Å². The summed E-state index contributed by atoms with van der Waals surface area (Å²) in [5.41, 5.74) is 2.75. The summed E-state index contributed by atoms with van der Waals surface area (Å²) in [7, 11) is 0. The summed E-state index contributed by atoms with van der Waals surface area (Å²) >= 11 is 1.53. The predicted molar refractivity (Wildman–Crippen MR) is 118 cm³/mol. The number of aryl methyl sites for hydroxylation is 1. The van der Waals surface area contributed by atoms with Crippen molar-refractivity contribution in [2.24, 2.45) is 4.99 Å². The molecule has 0 bridgehead atoms. The maximum Gasteiger partial charge on any atom is 0.169 e. The molecule has 5 heteroatoms. The Morgan fingerprint density at radius 3 is 2.31 bits per heavy atom. The fraction of sp³-hybridized carbons (Fsp3) is 0.208. The zero-order valence-corrected chi connectivity index (χ0v) is 17.4. The highest BCUT2D eigenvalue weighted by Gasteiger charge is 2.14. The van der Waals surface area contributed by atoms with E-state index in [-0.39, 0.29) is 0 Å². The molecular formula is C24H24F2N2S. The van der Waals surface area contributed by atoms with Crippen LogP contribution in [0, 0.1) is 18.6 Å². The Balaban J connectivity index is 1.97. The number of thioether (sulfide) groups is 1. The van der Waals surface area contributed by atoms with E-state index in [0.29, 0.717) is 12.2 Å². The van der Waals surface area contributed by atoms with Crippen molar-refractivity contribution in [2.75, 3.05) is 6.54 Å². The highest BCUT2D eigenvalue weighted by Crippen LogP contribution is 2.27. The molecule has 0 N–H and O–H groups in total. The molecule has 0 heterocycles. The van der Waals surface area contributed by atoms with Gasteiger partial charge in [0.1, 0.15) is 0 Å². The smallest absolute Gasteiger partial charge is 0.169 e. The molecule has 3 aromatic rings. The fourth-order valence-electron chi connectivity index (χ4n) is 2.85. The van der Waals surface area contributed by atoms with E-state index in [9.17, 15) is 8.78 Å². The summed E-state index contributed by atoms with van der Waals surface area (Å²) in [4.78, 5) is 7.92. The van der Waals surface area contributed by atoms with E-state index in [4.69, 9.17) is 4.99 Å². The zero-order chi connectivity index (χ0) is 20.6. The van der Waals surface area contributed by atoms with Crippen molar-refractivity contribution in [3.63, 3.8) is 0 Å². The second-order valence-electron chi connectivity index (χ2n) is 6.82. The Bertz CT molecular complexity index is 956. The number of aliphatic imine (C=N–C) groups is 1. The molecule has 3 aromatic carbocycles. The van der Waals surface area contributed by atoms with E-state index in [0.717, 1.165) is 35.2 Å². The first-order valence-electron chi connectivity index (χ1n) is 9.62. The van der Waals surface area contributed by atoms with Gasteiger partial charge in [-0.25, -0.2) is 13.8 Å². The lowest BCUT2D eigenvalue weighted by molar-refractivity contribution is 0.420. The lowest BCUT2D eigenvalue weighted by atomic mass is 10.2. The first-order valence-corrected chi connectivity index (χ1v) is 10.4. The highest BCUT2D eigenvalue weighted by molar-refractivity contribution is 8.13.